The molecule has 2 heterocycles. The van der Waals surface area contributed by atoms with Crippen molar-refractivity contribution in [2.24, 2.45) is 5.92 Å². The van der Waals surface area contributed by atoms with E-state index in [1.807, 2.05) is 0 Å². The van der Waals surface area contributed by atoms with Crippen LogP contribution in [0.5, 0.6) is 0 Å². The van der Waals surface area contributed by atoms with E-state index in [4.69, 9.17) is 4.74 Å². The zero-order chi connectivity index (χ0) is 16.0. The maximum atomic E-state index is 12.8. The average Bonchev–Trinajstić information content (AvgIpc) is 3.14. The molecule has 0 bridgehead atoms. The lowest BCUT2D eigenvalue weighted by Crippen LogP contribution is -2.29. The Morgan fingerprint density at radius 2 is 1.96 bits per heavy atom. The van der Waals surface area contributed by atoms with Crippen LogP contribution in [-0.4, -0.2) is 32.9 Å². The number of ether oxygens (including phenoxy) is 1. The van der Waals surface area contributed by atoms with Gasteiger partial charge in [-0.1, -0.05) is 0 Å². The summed E-state index contributed by atoms with van der Waals surface area (Å²) in [5.74, 6) is -0.397. The van der Waals surface area contributed by atoms with E-state index in [0.29, 0.717) is 18.0 Å². The van der Waals surface area contributed by atoms with E-state index in [-0.39, 0.29) is 17.4 Å². The van der Waals surface area contributed by atoms with Crippen molar-refractivity contribution < 1.29 is 14.6 Å². The SMILES string of the molecule is O=C(O)c1ccc2c(c1)n(CC1CCCO1)c(=O)n2CC1CC1. The minimum atomic E-state index is -0.974. The number of carboxylic acids is 1. The fourth-order valence-corrected chi connectivity index (χ4v) is 3.36. The first-order valence-corrected chi connectivity index (χ1v) is 8.21. The Hall–Kier alpha value is -2.08. The summed E-state index contributed by atoms with van der Waals surface area (Å²) >= 11 is 0. The van der Waals surface area contributed by atoms with E-state index in [9.17, 15) is 14.7 Å². The molecule has 1 N–H and O–H groups in total. The molecule has 1 saturated heterocycles. The number of benzene rings is 1. The molecule has 0 spiro atoms. The molecule has 122 valence electrons. The van der Waals surface area contributed by atoms with Gasteiger partial charge in [0.2, 0.25) is 0 Å². The van der Waals surface area contributed by atoms with Crippen LogP contribution in [0.1, 0.15) is 36.0 Å². The largest absolute Gasteiger partial charge is 0.478 e. The first-order chi connectivity index (χ1) is 11.1. The molecule has 1 aliphatic heterocycles. The Bertz CT molecular complexity index is 810. The molecule has 1 aromatic carbocycles. The van der Waals surface area contributed by atoms with Crippen molar-refractivity contribution in [1.29, 1.82) is 0 Å². The van der Waals surface area contributed by atoms with Crippen LogP contribution in [0.4, 0.5) is 0 Å². The van der Waals surface area contributed by atoms with Gasteiger partial charge in [0.25, 0.3) is 0 Å². The number of carboxylic acid groups (broad SMARTS) is 1. The highest BCUT2D eigenvalue weighted by molar-refractivity contribution is 5.92. The van der Waals surface area contributed by atoms with Gasteiger partial charge in [0.15, 0.2) is 0 Å². The van der Waals surface area contributed by atoms with Crippen molar-refractivity contribution in [3.63, 3.8) is 0 Å². The fraction of sp³-hybridized carbons (Fsp3) is 0.529. The van der Waals surface area contributed by atoms with Gasteiger partial charge in [-0.15, -0.1) is 0 Å². The third-order valence-electron chi connectivity index (χ3n) is 4.81. The van der Waals surface area contributed by atoms with Crippen LogP contribution in [0.25, 0.3) is 11.0 Å². The second-order valence-electron chi connectivity index (χ2n) is 6.59. The monoisotopic (exact) mass is 316 g/mol. The maximum absolute atomic E-state index is 12.8. The first kappa shape index (κ1) is 14.5. The van der Waals surface area contributed by atoms with E-state index >= 15 is 0 Å². The Balaban J connectivity index is 1.82. The van der Waals surface area contributed by atoms with Crippen molar-refractivity contribution in [3.8, 4) is 0 Å². The number of imidazole rings is 1. The first-order valence-electron chi connectivity index (χ1n) is 8.21. The summed E-state index contributed by atoms with van der Waals surface area (Å²) in [5.41, 5.74) is 1.68. The molecule has 2 fully saturated rings. The lowest BCUT2D eigenvalue weighted by Gasteiger charge is -2.10. The van der Waals surface area contributed by atoms with Crippen LogP contribution in [0.3, 0.4) is 0 Å². The number of hydrogen-bond acceptors (Lipinski definition) is 3. The predicted molar refractivity (Wildman–Crippen MR) is 84.9 cm³/mol. The summed E-state index contributed by atoms with van der Waals surface area (Å²) in [6.07, 6.45) is 4.33. The predicted octanol–water partition coefficient (Wildman–Crippen LogP) is 2.09. The van der Waals surface area contributed by atoms with Crippen LogP contribution in [-0.2, 0) is 17.8 Å². The van der Waals surface area contributed by atoms with E-state index in [1.165, 1.54) is 0 Å². The third-order valence-corrected chi connectivity index (χ3v) is 4.81. The summed E-state index contributed by atoms with van der Waals surface area (Å²) in [6.45, 7) is 1.96. The number of hydrogen-bond donors (Lipinski definition) is 1. The van der Waals surface area contributed by atoms with E-state index in [1.54, 1.807) is 27.3 Å². The normalized spacial score (nSPS) is 21.1. The minimum Gasteiger partial charge on any atom is -0.478 e. The molecule has 1 aromatic heterocycles. The molecule has 2 aromatic rings. The van der Waals surface area contributed by atoms with Crippen molar-refractivity contribution in [3.05, 3.63) is 34.2 Å². The average molecular weight is 316 g/mol. The zero-order valence-corrected chi connectivity index (χ0v) is 12.9. The Morgan fingerprint density at radius 3 is 2.61 bits per heavy atom. The number of rotatable bonds is 5. The van der Waals surface area contributed by atoms with Crippen molar-refractivity contribution in [1.82, 2.24) is 9.13 Å². The van der Waals surface area contributed by atoms with E-state index < -0.39 is 5.97 Å². The third kappa shape index (κ3) is 2.67. The van der Waals surface area contributed by atoms with Gasteiger partial charge in [-0.05, 0) is 49.8 Å². The summed E-state index contributed by atoms with van der Waals surface area (Å²) in [7, 11) is 0. The lowest BCUT2D eigenvalue weighted by molar-refractivity contribution is 0.0697. The molecule has 6 nitrogen and oxygen atoms in total. The molecule has 0 radical (unpaired) electrons. The highest BCUT2D eigenvalue weighted by Crippen LogP contribution is 2.31. The zero-order valence-electron chi connectivity index (χ0n) is 12.9. The van der Waals surface area contributed by atoms with Crippen molar-refractivity contribution >= 4 is 17.0 Å². The summed E-state index contributed by atoms with van der Waals surface area (Å²) in [6, 6.07) is 4.94. The Kier molecular flexibility index (Phi) is 3.49. The maximum Gasteiger partial charge on any atom is 0.335 e. The van der Waals surface area contributed by atoms with Crippen molar-refractivity contribution in [2.45, 2.75) is 44.9 Å². The van der Waals surface area contributed by atoms with Gasteiger partial charge in [0.05, 0.1) is 29.2 Å². The molecule has 4 rings (SSSR count). The van der Waals surface area contributed by atoms with Crippen LogP contribution in [0, 0.1) is 5.92 Å². The number of nitrogens with zero attached hydrogens (tertiary/aromatic N) is 2. The van der Waals surface area contributed by atoms with Gasteiger partial charge in [-0.3, -0.25) is 9.13 Å². The number of aromatic nitrogens is 2. The van der Waals surface area contributed by atoms with Gasteiger partial charge in [0.1, 0.15) is 0 Å². The smallest absolute Gasteiger partial charge is 0.335 e. The van der Waals surface area contributed by atoms with Crippen LogP contribution in [0.2, 0.25) is 0 Å². The highest BCUT2D eigenvalue weighted by atomic mass is 16.5. The molecule has 6 heteroatoms. The van der Waals surface area contributed by atoms with E-state index in [2.05, 4.69) is 0 Å². The highest BCUT2D eigenvalue weighted by Gasteiger charge is 2.26. The van der Waals surface area contributed by atoms with Crippen molar-refractivity contribution in [2.75, 3.05) is 6.61 Å². The molecule has 23 heavy (non-hydrogen) atoms. The van der Waals surface area contributed by atoms with Crippen LogP contribution < -0.4 is 5.69 Å². The molecular formula is C17H20N2O4. The van der Waals surface area contributed by atoms with Gasteiger partial charge in [0, 0.05) is 13.2 Å². The lowest BCUT2D eigenvalue weighted by atomic mass is 10.2. The molecule has 1 unspecified atom stereocenters. The molecular weight excluding hydrogens is 296 g/mol. The fourth-order valence-electron chi connectivity index (χ4n) is 3.36. The number of carbonyl (C=O) groups is 1. The quantitative estimate of drug-likeness (QED) is 0.916. The second kappa shape index (κ2) is 5.53. The number of aromatic carboxylic acids is 1. The van der Waals surface area contributed by atoms with Crippen LogP contribution >= 0.6 is 0 Å². The summed E-state index contributed by atoms with van der Waals surface area (Å²) < 4.78 is 9.15. The van der Waals surface area contributed by atoms with Gasteiger partial charge < -0.3 is 9.84 Å². The second-order valence-corrected chi connectivity index (χ2v) is 6.59. The molecule has 1 saturated carbocycles. The van der Waals surface area contributed by atoms with Gasteiger partial charge in [-0.25, -0.2) is 9.59 Å². The van der Waals surface area contributed by atoms with Crippen LogP contribution in [0.15, 0.2) is 23.0 Å². The topological polar surface area (TPSA) is 73.5 Å². The molecule has 1 atom stereocenters. The Labute approximate surface area is 133 Å². The molecule has 2 aliphatic rings. The van der Waals surface area contributed by atoms with Gasteiger partial charge >= 0.3 is 11.7 Å². The number of fused-ring (bicyclic) bond motifs is 1. The molecule has 0 amide bonds. The summed E-state index contributed by atoms with van der Waals surface area (Å²) in [4.78, 5) is 24.1. The van der Waals surface area contributed by atoms with E-state index in [0.717, 1.165) is 44.4 Å². The van der Waals surface area contributed by atoms with Gasteiger partial charge in [-0.2, -0.15) is 0 Å². The standard InChI is InChI=1S/C17H20N2O4/c20-16(21)12-5-6-14-15(8-12)19(10-13-2-1-7-23-13)17(22)18(14)9-11-3-4-11/h5-6,8,11,13H,1-4,7,9-10H2,(H,20,21). The minimum absolute atomic E-state index is 0.0427. The molecule has 1 aliphatic carbocycles. The summed E-state index contributed by atoms with van der Waals surface area (Å²) in [5, 5.41) is 9.23. The Morgan fingerprint density at radius 1 is 1.17 bits per heavy atom.